The summed E-state index contributed by atoms with van der Waals surface area (Å²) in [6.07, 6.45) is 0. The van der Waals surface area contributed by atoms with Gasteiger partial charge in [-0.1, -0.05) is 103 Å². The molecule has 0 amide bonds. The first kappa shape index (κ1) is 31.4. The number of aromatic nitrogens is 5. The van der Waals surface area contributed by atoms with Gasteiger partial charge in [0.2, 0.25) is 0 Å². The van der Waals surface area contributed by atoms with Gasteiger partial charge < -0.3 is 13.3 Å². The van der Waals surface area contributed by atoms with E-state index in [2.05, 4.69) is 18.2 Å². The van der Waals surface area contributed by atoms with Gasteiger partial charge in [-0.15, -0.1) is 0 Å². The molecule has 7 aromatic carbocycles. The summed E-state index contributed by atoms with van der Waals surface area (Å²) in [5.74, 6) is 2.31. The summed E-state index contributed by atoms with van der Waals surface area (Å²) in [4.78, 5) is 25.4. The molecule has 0 saturated heterocycles. The van der Waals surface area contributed by atoms with E-state index in [4.69, 9.17) is 38.2 Å². The standard InChI is InChI=1S/C49H27N5O3/c1-3-12-28(13-4-1)46-52-47(29-14-5-2-6-15-29)54-49(53-46)34-18-11-21-41-42(34)36-26-30(22-24-40(36)56-41)43-45-44(33-17-8-10-20-38(33)57-45)51-48(50-43)31-23-25-39-35(27-31)32-16-7-9-19-37(32)55-39/h1-27H. The van der Waals surface area contributed by atoms with Crippen molar-refractivity contribution in [2.45, 2.75) is 0 Å². The minimum absolute atomic E-state index is 0.549. The van der Waals surface area contributed by atoms with Gasteiger partial charge in [-0.05, 0) is 60.7 Å². The number of benzene rings is 7. The highest BCUT2D eigenvalue weighted by molar-refractivity contribution is 6.14. The average molecular weight is 734 g/mol. The molecule has 0 N–H and O–H groups in total. The first-order valence-electron chi connectivity index (χ1n) is 18.7. The van der Waals surface area contributed by atoms with E-state index in [-0.39, 0.29) is 0 Å². The number of nitrogens with zero attached hydrogens (tertiary/aromatic N) is 5. The smallest absolute Gasteiger partial charge is 0.180 e. The van der Waals surface area contributed by atoms with E-state index in [1.165, 1.54) is 0 Å². The molecule has 5 aromatic heterocycles. The zero-order valence-electron chi connectivity index (χ0n) is 30.0. The van der Waals surface area contributed by atoms with E-state index in [0.717, 1.165) is 88.2 Å². The lowest BCUT2D eigenvalue weighted by Crippen LogP contribution is -2.00. The molecule has 0 aliphatic heterocycles. The summed E-state index contributed by atoms with van der Waals surface area (Å²) in [6, 6.07) is 54.2. The van der Waals surface area contributed by atoms with Crippen LogP contribution in [-0.4, -0.2) is 24.9 Å². The maximum atomic E-state index is 6.54. The average Bonchev–Trinajstić information content (AvgIpc) is 3.97. The molecule has 12 rings (SSSR count). The number of furan rings is 3. The molecule has 8 nitrogen and oxygen atoms in total. The number of fused-ring (bicyclic) bond motifs is 9. The SMILES string of the molecule is c1ccc(-c2nc(-c3ccccc3)nc(-c3cccc4oc5ccc(-c6nc(-c7ccc8oc9ccccc9c8c7)nc7c6oc6ccccc67)cc5c34)n2)cc1. The molecule has 12 aromatic rings. The van der Waals surface area contributed by atoms with E-state index in [1.54, 1.807) is 0 Å². The summed E-state index contributed by atoms with van der Waals surface area (Å²) < 4.78 is 19.2. The van der Waals surface area contributed by atoms with Crippen LogP contribution in [0.2, 0.25) is 0 Å². The molecular weight excluding hydrogens is 707 g/mol. The molecule has 57 heavy (non-hydrogen) atoms. The highest BCUT2D eigenvalue weighted by Gasteiger charge is 2.22. The Kier molecular flexibility index (Phi) is 6.76. The van der Waals surface area contributed by atoms with Gasteiger partial charge in [0, 0.05) is 54.7 Å². The van der Waals surface area contributed by atoms with Crippen LogP contribution < -0.4 is 0 Å². The molecule has 0 saturated carbocycles. The molecule has 0 fully saturated rings. The molecule has 266 valence electrons. The predicted octanol–water partition coefficient (Wildman–Crippen LogP) is 12.7. The summed E-state index contributed by atoms with van der Waals surface area (Å²) in [6.45, 7) is 0. The highest BCUT2D eigenvalue weighted by Crippen LogP contribution is 2.41. The Morgan fingerprint density at radius 2 is 0.860 bits per heavy atom. The van der Waals surface area contributed by atoms with E-state index >= 15 is 0 Å². The van der Waals surface area contributed by atoms with E-state index in [1.807, 2.05) is 146 Å². The molecule has 0 atom stereocenters. The molecule has 5 heterocycles. The van der Waals surface area contributed by atoms with Crippen LogP contribution in [0.5, 0.6) is 0 Å². The van der Waals surface area contributed by atoms with Crippen LogP contribution in [0.15, 0.2) is 177 Å². The second-order valence-electron chi connectivity index (χ2n) is 14.0. The summed E-state index contributed by atoms with van der Waals surface area (Å²) in [5, 5.41) is 4.77. The summed E-state index contributed by atoms with van der Waals surface area (Å²) in [7, 11) is 0. The van der Waals surface area contributed by atoms with Crippen LogP contribution in [0, 0.1) is 0 Å². The van der Waals surface area contributed by atoms with Gasteiger partial charge in [0.25, 0.3) is 0 Å². The van der Waals surface area contributed by atoms with Gasteiger partial charge >= 0.3 is 0 Å². The lowest BCUT2D eigenvalue weighted by atomic mass is 10.0. The van der Waals surface area contributed by atoms with Crippen LogP contribution >= 0.6 is 0 Å². The molecule has 0 bridgehead atoms. The van der Waals surface area contributed by atoms with Gasteiger partial charge in [-0.2, -0.15) is 0 Å². The Bertz CT molecular complexity index is 3480. The van der Waals surface area contributed by atoms with E-state index < -0.39 is 0 Å². The van der Waals surface area contributed by atoms with Crippen molar-refractivity contribution in [3.8, 4) is 56.8 Å². The quantitative estimate of drug-likeness (QED) is 0.172. The molecule has 0 aliphatic rings. The monoisotopic (exact) mass is 733 g/mol. The second-order valence-corrected chi connectivity index (χ2v) is 14.0. The van der Waals surface area contributed by atoms with Crippen molar-refractivity contribution in [2.24, 2.45) is 0 Å². The van der Waals surface area contributed by atoms with Crippen molar-refractivity contribution in [3.63, 3.8) is 0 Å². The lowest BCUT2D eigenvalue weighted by Gasteiger charge is -2.09. The van der Waals surface area contributed by atoms with Crippen LogP contribution in [0.1, 0.15) is 0 Å². The first-order chi connectivity index (χ1) is 28.2. The number of para-hydroxylation sites is 2. The topological polar surface area (TPSA) is 104 Å². The summed E-state index contributed by atoms with van der Waals surface area (Å²) in [5.41, 5.74) is 10.2. The molecule has 8 heteroatoms. The fraction of sp³-hybridized carbons (Fsp3) is 0. The molecular formula is C49H27N5O3. The minimum atomic E-state index is 0.549. The molecule has 0 aliphatic carbocycles. The van der Waals surface area contributed by atoms with Gasteiger partial charge in [-0.3, -0.25) is 0 Å². The van der Waals surface area contributed by atoms with Crippen LogP contribution in [0.4, 0.5) is 0 Å². The van der Waals surface area contributed by atoms with Crippen molar-refractivity contribution >= 4 is 65.9 Å². The van der Waals surface area contributed by atoms with E-state index in [0.29, 0.717) is 34.6 Å². The Balaban J connectivity index is 1.08. The van der Waals surface area contributed by atoms with Crippen molar-refractivity contribution in [1.82, 2.24) is 24.9 Å². The van der Waals surface area contributed by atoms with E-state index in [9.17, 15) is 0 Å². The maximum Gasteiger partial charge on any atom is 0.180 e. The number of hydrogen-bond acceptors (Lipinski definition) is 8. The molecule has 0 radical (unpaired) electrons. The lowest BCUT2D eigenvalue weighted by molar-refractivity contribution is 0.666. The third-order valence-electron chi connectivity index (χ3n) is 10.6. The normalized spacial score (nSPS) is 11.9. The predicted molar refractivity (Wildman–Crippen MR) is 224 cm³/mol. The van der Waals surface area contributed by atoms with Crippen molar-refractivity contribution in [3.05, 3.63) is 164 Å². The maximum absolute atomic E-state index is 6.54. The summed E-state index contributed by atoms with van der Waals surface area (Å²) >= 11 is 0. The van der Waals surface area contributed by atoms with Gasteiger partial charge in [0.05, 0.1) is 0 Å². The third kappa shape index (κ3) is 5.04. The fourth-order valence-corrected chi connectivity index (χ4v) is 7.87. The Morgan fingerprint density at radius 3 is 1.61 bits per heavy atom. The largest absolute Gasteiger partial charge is 0.456 e. The molecule has 0 unspecified atom stereocenters. The second kappa shape index (κ2) is 12.3. The minimum Gasteiger partial charge on any atom is -0.456 e. The van der Waals surface area contributed by atoms with Crippen LogP contribution in [-0.2, 0) is 0 Å². The van der Waals surface area contributed by atoms with Crippen LogP contribution in [0.3, 0.4) is 0 Å². The highest BCUT2D eigenvalue weighted by atomic mass is 16.3. The van der Waals surface area contributed by atoms with Crippen molar-refractivity contribution in [1.29, 1.82) is 0 Å². The zero-order chi connectivity index (χ0) is 37.5. The zero-order valence-corrected chi connectivity index (χ0v) is 30.0. The van der Waals surface area contributed by atoms with Crippen molar-refractivity contribution in [2.75, 3.05) is 0 Å². The molecule has 0 spiro atoms. The Hall–Kier alpha value is -7.97. The Labute approximate surface area is 323 Å². The van der Waals surface area contributed by atoms with Gasteiger partial charge in [0.15, 0.2) is 28.9 Å². The van der Waals surface area contributed by atoms with Gasteiger partial charge in [-0.25, -0.2) is 24.9 Å². The number of rotatable bonds is 5. The van der Waals surface area contributed by atoms with Gasteiger partial charge in [0.1, 0.15) is 39.1 Å². The fourth-order valence-electron chi connectivity index (χ4n) is 7.87. The first-order valence-corrected chi connectivity index (χ1v) is 18.7. The number of hydrogen-bond donors (Lipinski definition) is 0. The van der Waals surface area contributed by atoms with Crippen LogP contribution in [0.25, 0.3) is 123 Å². The third-order valence-corrected chi connectivity index (χ3v) is 10.6. The van der Waals surface area contributed by atoms with Crippen molar-refractivity contribution < 1.29 is 13.3 Å². The Morgan fingerprint density at radius 1 is 0.316 bits per heavy atom.